The molecule has 0 fully saturated rings. The topological polar surface area (TPSA) is 70.3 Å². The molecule has 0 aromatic heterocycles. The minimum absolute atomic E-state index is 0.375. The van der Waals surface area contributed by atoms with Crippen LogP contribution < -0.4 is 4.74 Å². The average molecular weight is 265 g/mol. The summed E-state index contributed by atoms with van der Waals surface area (Å²) >= 11 is 1.52. The van der Waals surface area contributed by atoms with Gasteiger partial charge in [0.15, 0.2) is 0 Å². The minimum atomic E-state index is -0.791. The Hall–Kier alpha value is -1.67. The number of nitrogens with zero attached hydrogens (tertiary/aromatic N) is 1. The number of methoxy groups -OCH3 is 1. The van der Waals surface area contributed by atoms with Crippen LogP contribution in [0.5, 0.6) is 5.75 Å². The van der Waals surface area contributed by atoms with E-state index in [0.717, 1.165) is 11.3 Å². The lowest BCUT2D eigenvalue weighted by Gasteiger charge is -2.10. The number of carboxylic acid groups (broad SMARTS) is 1. The van der Waals surface area contributed by atoms with Crippen molar-refractivity contribution in [3.63, 3.8) is 0 Å². The highest BCUT2D eigenvalue weighted by Crippen LogP contribution is 2.25. The molecule has 0 amide bonds. The number of carbonyl (C=O) groups is 1. The van der Waals surface area contributed by atoms with E-state index in [0.29, 0.717) is 17.1 Å². The number of rotatable bonds is 6. The number of nitriles is 1. The SMILES string of the molecule is COc1ccc(C#N)cc1CSCC(C)C(=O)O. The molecule has 96 valence electrons. The van der Waals surface area contributed by atoms with Crippen LogP contribution in [-0.2, 0) is 10.5 Å². The molecule has 1 aromatic carbocycles. The fourth-order valence-corrected chi connectivity index (χ4v) is 2.44. The van der Waals surface area contributed by atoms with Gasteiger partial charge >= 0.3 is 5.97 Å². The summed E-state index contributed by atoms with van der Waals surface area (Å²) in [5.41, 5.74) is 1.50. The molecule has 1 atom stereocenters. The minimum Gasteiger partial charge on any atom is -0.496 e. The maximum absolute atomic E-state index is 10.7. The van der Waals surface area contributed by atoms with Gasteiger partial charge < -0.3 is 9.84 Å². The molecule has 18 heavy (non-hydrogen) atoms. The van der Waals surface area contributed by atoms with Crippen LogP contribution in [0.3, 0.4) is 0 Å². The number of aliphatic carboxylic acids is 1. The van der Waals surface area contributed by atoms with Crippen molar-refractivity contribution in [2.24, 2.45) is 5.92 Å². The van der Waals surface area contributed by atoms with E-state index in [1.807, 2.05) is 0 Å². The molecule has 1 N–H and O–H groups in total. The summed E-state index contributed by atoms with van der Waals surface area (Å²) in [6, 6.07) is 7.31. The van der Waals surface area contributed by atoms with Crippen LogP contribution in [-0.4, -0.2) is 23.9 Å². The van der Waals surface area contributed by atoms with Crippen molar-refractivity contribution in [3.8, 4) is 11.8 Å². The molecule has 1 aromatic rings. The van der Waals surface area contributed by atoms with Crippen molar-refractivity contribution < 1.29 is 14.6 Å². The molecule has 4 nitrogen and oxygen atoms in total. The molecule has 0 aliphatic heterocycles. The Morgan fingerprint density at radius 3 is 2.89 bits per heavy atom. The zero-order valence-electron chi connectivity index (χ0n) is 10.3. The van der Waals surface area contributed by atoms with Crippen LogP contribution in [0.25, 0.3) is 0 Å². The van der Waals surface area contributed by atoms with Crippen LogP contribution in [0.2, 0.25) is 0 Å². The molecule has 0 aliphatic rings. The summed E-state index contributed by atoms with van der Waals surface area (Å²) in [6.07, 6.45) is 0. The third-order valence-corrected chi connectivity index (χ3v) is 3.71. The van der Waals surface area contributed by atoms with Crippen molar-refractivity contribution in [2.75, 3.05) is 12.9 Å². The van der Waals surface area contributed by atoms with Crippen molar-refractivity contribution in [1.29, 1.82) is 5.26 Å². The van der Waals surface area contributed by atoms with Gasteiger partial charge in [-0.05, 0) is 18.2 Å². The molecule has 5 heteroatoms. The lowest BCUT2D eigenvalue weighted by Crippen LogP contribution is -2.11. The maximum atomic E-state index is 10.7. The Kier molecular flexibility index (Phi) is 5.53. The Bertz CT molecular complexity index is 468. The summed E-state index contributed by atoms with van der Waals surface area (Å²) < 4.78 is 5.21. The molecule has 1 unspecified atom stereocenters. The summed E-state index contributed by atoms with van der Waals surface area (Å²) in [5, 5.41) is 17.6. The molecular formula is C13H15NO3S. The normalized spacial score (nSPS) is 11.6. The summed E-state index contributed by atoms with van der Waals surface area (Å²) in [5.74, 6) is 0.732. The second kappa shape index (κ2) is 6.92. The van der Waals surface area contributed by atoms with E-state index in [-0.39, 0.29) is 5.92 Å². The van der Waals surface area contributed by atoms with E-state index >= 15 is 0 Å². The number of carboxylic acids is 1. The predicted molar refractivity (Wildman–Crippen MR) is 70.7 cm³/mol. The van der Waals surface area contributed by atoms with Gasteiger partial charge in [0, 0.05) is 17.1 Å². The van der Waals surface area contributed by atoms with Gasteiger partial charge in [0.05, 0.1) is 24.7 Å². The van der Waals surface area contributed by atoms with Crippen LogP contribution in [0.15, 0.2) is 18.2 Å². The van der Waals surface area contributed by atoms with E-state index in [4.69, 9.17) is 15.1 Å². The molecule has 0 spiro atoms. The molecule has 0 heterocycles. The number of thioether (sulfide) groups is 1. The van der Waals surface area contributed by atoms with E-state index in [2.05, 4.69) is 6.07 Å². The third kappa shape index (κ3) is 3.97. The van der Waals surface area contributed by atoms with Gasteiger partial charge in [-0.1, -0.05) is 6.92 Å². The zero-order valence-corrected chi connectivity index (χ0v) is 11.2. The molecule has 0 saturated heterocycles. The van der Waals surface area contributed by atoms with Gasteiger partial charge in [0.25, 0.3) is 0 Å². The van der Waals surface area contributed by atoms with E-state index < -0.39 is 5.97 Å². The summed E-state index contributed by atoms with van der Waals surface area (Å²) in [7, 11) is 1.58. The molecule has 0 radical (unpaired) electrons. The maximum Gasteiger partial charge on any atom is 0.307 e. The number of hydrogen-bond donors (Lipinski definition) is 1. The van der Waals surface area contributed by atoms with Crippen LogP contribution >= 0.6 is 11.8 Å². The Labute approximate surface area is 111 Å². The van der Waals surface area contributed by atoms with E-state index in [1.54, 1.807) is 32.2 Å². The Morgan fingerprint density at radius 2 is 2.33 bits per heavy atom. The highest BCUT2D eigenvalue weighted by Gasteiger charge is 2.11. The summed E-state index contributed by atoms with van der Waals surface area (Å²) in [4.78, 5) is 10.7. The van der Waals surface area contributed by atoms with Gasteiger partial charge in [-0.3, -0.25) is 4.79 Å². The number of ether oxygens (including phenoxy) is 1. The number of hydrogen-bond acceptors (Lipinski definition) is 4. The zero-order chi connectivity index (χ0) is 13.5. The number of benzene rings is 1. The second-order valence-electron chi connectivity index (χ2n) is 3.89. The fourth-order valence-electron chi connectivity index (χ4n) is 1.38. The quantitative estimate of drug-likeness (QED) is 0.855. The van der Waals surface area contributed by atoms with Crippen molar-refractivity contribution in [3.05, 3.63) is 29.3 Å². The highest BCUT2D eigenvalue weighted by molar-refractivity contribution is 7.98. The summed E-state index contributed by atoms with van der Waals surface area (Å²) in [6.45, 7) is 1.68. The smallest absolute Gasteiger partial charge is 0.307 e. The van der Waals surface area contributed by atoms with Gasteiger partial charge in [-0.25, -0.2) is 0 Å². The molecule has 0 aliphatic carbocycles. The van der Waals surface area contributed by atoms with Crippen molar-refractivity contribution in [2.45, 2.75) is 12.7 Å². The van der Waals surface area contributed by atoms with Crippen molar-refractivity contribution in [1.82, 2.24) is 0 Å². The first kappa shape index (κ1) is 14.4. The fraction of sp³-hybridized carbons (Fsp3) is 0.385. The molecule has 0 bridgehead atoms. The van der Waals surface area contributed by atoms with Crippen molar-refractivity contribution >= 4 is 17.7 Å². The van der Waals surface area contributed by atoms with Gasteiger partial charge in [0.1, 0.15) is 5.75 Å². The lowest BCUT2D eigenvalue weighted by atomic mass is 10.1. The first-order valence-electron chi connectivity index (χ1n) is 5.46. The third-order valence-electron chi connectivity index (χ3n) is 2.46. The first-order chi connectivity index (χ1) is 8.58. The van der Waals surface area contributed by atoms with E-state index in [1.165, 1.54) is 11.8 Å². The molecular weight excluding hydrogens is 250 g/mol. The average Bonchev–Trinajstić information content (AvgIpc) is 2.38. The van der Waals surface area contributed by atoms with Crippen LogP contribution in [0.1, 0.15) is 18.1 Å². The Morgan fingerprint density at radius 1 is 1.61 bits per heavy atom. The van der Waals surface area contributed by atoms with Crippen LogP contribution in [0, 0.1) is 17.2 Å². The second-order valence-corrected chi connectivity index (χ2v) is 4.92. The van der Waals surface area contributed by atoms with Crippen LogP contribution in [0.4, 0.5) is 0 Å². The van der Waals surface area contributed by atoms with E-state index in [9.17, 15) is 4.79 Å². The molecule has 1 rings (SSSR count). The largest absolute Gasteiger partial charge is 0.496 e. The Balaban J connectivity index is 2.66. The highest BCUT2D eigenvalue weighted by atomic mass is 32.2. The predicted octanol–water partition coefficient (Wildman–Crippen LogP) is 2.52. The first-order valence-corrected chi connectivity index (χ1v) is 6.61. The monoisotopic (exact) mass is 265 g/mol. The lowest BCUT2D eigenvalue weighted by molar-refractivity contribution is -0.140. The molecule has 0 saturated carbocycles. The standard InChI is InChI=1S/C13H15NO3S/c1-9(13(15)16)7-18-8-11-5-10(6-14)3-4-12(11)17-2/h3-5,9H,7-8H2,1-2H3,(H,15,16). The van der Waals surface area contributed by atoms with Gasteiger partial charge in [-0.15, -0.1) is 0 Å². The van der Waals surface area contributed by atoms with Gasteiger partial charge in [0.2, 0.25) is 0 Å². The van der Waals surface area contributed by atoms with Gasteiger partial charge in [-0.2, -0.15) is 17.0 Å².